The van der Waals surface area contributed by atoms with Crippen molar-refractivity contribution in [1.82, 2.24) is 4.90 Å². The van der Waals surface area contributed by atoms with Crippen LogP contribution in [0.1, 0.15) is 26.2 Å². The van der Waals surface area contributed by atoms with Gasteiger partial charge in [-0.25, -0.2) is 0 Å². The summed E-state index contributed by atoms with van der Waals surface area (Å²) in [6.07, 6.45) is 3.35. The number of nitrogens with two attached hydrogens (primary N) is 1. The van der Waals surface area contributed by atoms with E-state index in [2.05, 4.69) is 31.2 Å². The van der Waals surface area contributed by atoms with E-state index < -0.39 is 0 Å². The minimum absolute atomic E-state index is 0.701. The molecule has 0 spiro atoms. The fraction of sp³-hybridized carbons (Fsp3) is 0.600. The predicted octanol–water partition coefficient (Wildman–Crippen LogP) is 2.81. The second kappa shape index (κ2) is 8.64. The average molecular weight is 265 g/mol. The van der Waals surface area contributed by atoms with Crippen molar-refractivity contribution in [2.45, 2.75) is 26.2 Å². The zero-order valence-electron chi connectivity index (χ0n) is 12.4. The molecule has 0 unspecified atom stereocenters. The van der Waals surface area contributed by atoms with Crippen LogP contribution >= 0.6 is 0 Å². The molecule has 0 heterocycles. The lowest BCUT2D eigenvalue weighted by atomic mass is 10.2. The van der Waals surface area contributed by atoms with Crippen molar-refractivity contribution in [3.05, 3.63) is 18.2 Å². The van der Waals surface area contributed by atoms with Gasteiger partial charge in [0.1, 0.15) is 5.75 Å². The first-order valence-electron chi connectivity index (χ1n) is 7.04. The third-order valence-corrected chi connectivity index (χ3v) is 2.84. The lowest BCUT2D eigenvalue weighted by molar-refractivity contribution is 0.319. The molecule has 0 fully saturated rings. The van der Waals surface area contributed by atoms with Crippen LogP contribution in [0.25, 0.3) is 0 Å². The zero-order valence-corrected chi connectivity index (χ0v) is 12.4. The van der Waals surface area contributed by atoms with Gasteiger partial charge in [-0.2, -0.15) is 0 Å². The van der Waals surface area contributed by atoms with Crippen LogP contribution < -0.4 is 15.8 Å². The average Bonchev–Trinajstić information content (AvgIpc) is 2.38. The van der Waals surface area contributed by atoms with Gasteiger partial charge in [-0.1, -0.05) is 6.92 Å². The van der Waals surface area contributed by atoms with Crippen LogP contribution in [-0.2, 0) is 0 Å². The lowest BCUT2D eigenvalue weighted by Gasteiger charge is -2.12. The molecule has 19 heavy (non-hydrogen) atoms. The van der Waals surface area contributed by atoms with E-state index in [0.717, 1.165) is 37.4 Å². The van der Waals surface area contributed by atoms with E-state index in [1.165, 1.54) is 6.42 Å². The molecule has 4 heteroatoms. The summed E-state index contributed by atoms with van der Waals surface area (Å²) in [4.78, 5) is 2.21. The first-order chi connectivity index (χ1) is 9.13. The smallest absolute Gasteiger partial charge is 0.144 e. The molecule has 1 rings (SSSR count). The molecule has 0 amide bonds. The largest absolute Gasteiger partial charge is 0.491 e. The number of nitrogen functional groups attached to an aromatic ring is 1. The Hall–Kier alpha value is -1.42. The summed E-state index contributed by atoms with van der Waals surface area (Å²) >= 11 is 0. The standard InChI is InChI=1S/C15H27N3O/c1-4-11-19-15-12-13(7-8-14(15)16)17-9-5-6-10-18(2)3/h7-8,12,17H,4-6,9-11,16H2,1-3H3. The minimum Gasteiger partial charge on any atom is -0.491 e. The molecule has 0 aliphatic carbocycles. The van der Waals surface area contributed by atoms with Gasteiger partial charge in [-0.3, -0.25) is 0 Å². The van der Waals surface area contributed by atoms with E-state index >= 15 is 0 Å². The molecule has 3 N–H and O–H groups in total. The van der Waals surface area contributed by atoms with E-state index in [1.807, 2.05) is 18.2 Å². The third-order valence-electron chi connectivity index (χ3n) is 2.84. The number of rotatable bonds is 9. The summed E-state index contributed by atoms with van der Waals surface area (Å²) < 4.78 is 5.61. The second-order valence-electron chi connectivity index (χ2n) is 5.04. The highest BCUT2D eigenvalue weighted by atomic mass is 16.5. The summed E-state index contributed by atoms with van der Waals surface area (Å²) in [7, 11) is 4.20. The van der Waals surface area contributed by atoms with E-state index in [1.54, 1.807) is 0 Å². The molecule has 0 aliphatic heterocycles. The van der Waals surface area contributed by atoms with Crippen LogP contribution in [0, 0.1) is 0 Å². The number of unbranched alkanes of at least 4 members (excludes halogenated alkanes) is 1. The summed E-state index contributed by atoms with van der Waals surface area (Å²) in [6.45, 7) is 4.90. The van der Waals surface area contributed by atoms with Crippen molar-refractivity contribution in [1.29, 1.82) is 0 Å². The van der Waals surface area contributed by atoms with Gasteiger partial charge in [0.25, 0.3) is 0 Å². The Kier molecular flexibility index (Phi) is 7.11. The first-order valence-corrected chi connectivity index (χ1v) is 7.04. The first kappa shape index (κ1) is 15.6. The fourth-order valence-electron chi connectivity index (χ4n) is 1.77. The van der Waals surface area contributed by atoms with Crippen molar-refractivity contribution in [3.8, 4) is 5.75 Å². The topological polar surface area (TPSA) is 50.5 Å². The summed E-state index contributed by atoms with van der Waals surface area (Å²) in [6, 6.07) is 5.88. The van der Waals surface area contributed by atoms with Gasteiger partial charge in [0.15, 0.2) is 0 Å². The van der Waals surface area contributed by atoms with Crippen LogP contribution in [0.2, 0.25) is 0 Å². The Morgan fingerprint density at radius 2 is 2.05 bits per heavy atom. The Labute approximate surface area is 116 Å². The quantitative estimate of drug-likeness (QED) is 0.532. The molecule has 0 bridgehead atoms. The van der Waals surface area contributed by atoms with Crippen molar-refractivity contribution in [2.75, 3.05) is 44.8 Å². The maximum absolute atomic E-state index is 5.88. The number of hydrogen-bond acceptors (Lipinski definition) is 4. The Bertz CT molecular complexity index is 366. The Balaban J connectivity index is 2.37. The van der Waals surface area contributed by atoms with Crippen LogP contribution in [0.4, 0.5) is 11.4 Å². The monoisotopic (exact) mass is 265 g/mol. The van der Waals surface area contributed by atoms with E-state index in [9.17, 15) is 0 Å². The summed E-state index contributed by atoms with van der Waals surface area (Å²) in [5.74, 6) is 0.778. The molecule has 0 saturated carbocycles. The molecule has 0 radical (unpaired) electrons. The molecule has 0 atom stereocenters. The van der Waals surface area contributed by atoms with Gasteiger partial charge >= 0.3 is 0 Å². The van der Waals surface area contributed by atoms with Gasteiger partial charge < -0.3 is 20.7 Å². The molecule has 1 aromatic rings. The predicted molar refractivity (Wildman–Crippen MR) is 82.9 cm³/mol. The van der Waals surface area contributed by atoms with Crippen LogP contribution in [0.3, 0.4) is 0 Å². The van der Waals surface area contributed by atoms with Crippen LogP contribution in [0.5, 0.6) is 5.75 Å². The normalized spacial score (nSPS) is 10.7. The molecule has 0 aliphatic rings. The maximum atomic E-state index is 5.88. The number of nitrogens with one attached hydrogen (secondary N) is 1. The number of hydrogen-bond donors (Lipinski definition) is 2. The molecule has 0 aromatic heterocycles. The van der Waals surface area contributed by atoms with Crippen LogP contribution in [-0.4, -0.2) is 38.7 Å². The molecule has 108 valence electrons. The Morgan fingerprint density at radius 1 is 1.26 bits per heavy atom. The molecule has 4 nitrogen and oxygen atoms in total. The maximum Gasteiger partial charge on any atom is 0.144 e. The number of benzene rings is 1. The highest BCUT2D eigenvalue weighted by Gasteiger charge is 2.02. The van der Waals surface area contributed by atoms with Crippen molar-refractivity contribution >= 4 is 11.4 Å². The van der Waals surface area contributed by atoms with Crippen molar-refractivity contribution < 1.29 is 4.74 Å². The van der Waals surface area contributed by atoms with Crippen molar-refractivity contribution in [3.63, 3.8) is 0 Å². The molecular formula is C15H27N3O. The Morgan fingerprint density at radius 3 is 2.74 bits per heavy atom. The zero-order chi connectivity index (χ0) is 14.1. The minimum atomic E-state index is 0.701. The van der Waals surface area contributed by atoms with Gasteiger partial charge in [0, 0.05) is 18.3 Å². The molecule has 1 aromatic carbocycles. The molecular weight excluding hydrogens is 238 g/mol. The second-order valence-corrected chi connectivity index (χ2v) is 5.04. The van der Waals surface area contributed by atoms with Crippen LogP contribution in [0.15, 0.2) is 18.2 Å². The van der Waals surface area contributed by atoms with Gasteiger partial charge in [0.05, 0.1) is 12.3 Å². The number of nitrogens with zero attached hydrogens (tertiary/aromatic N) is 1. The van der Waals surface area contributed by atoms with E-state index in [-0.39, 0.29) is 0 Å². The molecule has 0 saturated heterocycles. The SMILES string of the molecule is CCCOc1cc(NCCCCN(C)C)ccc1N. The third kappa shape index (κ3) is 6.34. The van der Waals surface area contributed by atoms with Gasteiger partial charge in [-0.15, -0.1) is 0 Å². The highest BCUT2D eigenvalue weighted by Crippen LogP contribution is 2.25. The van der Waals surface area contributed by atoms with E-state index in [4.69, 9.17) is 10.5 Å². The van der Waals surface area contributed by atoms with E-state index in [0.29, 0.717) is 12.3 Å². The number of anilines is 2. The summed E-state index contributed by atoms with van der Waals surface area (Å²) in [5.41, 5.74) is 7.66. The lowest BCUT2D eigenvalue weighted by Crippen LogP contribution is -2.14. The summed E-state index contributed by atoms with van der Waals surface area (Å²) in [5, 5.41) is 3.41. The van der Waals surface area contributed by atoms with Crippen molar-refractivity contribution in [2.24, 2.45) is 0 Å². The van der Waals surface area contributed by atoms with Gasteiger partial charge in [-0.05, 0) is 52.0 Å². The number of ether oxygens (including phenoxy) is 1. The fourth-order valence-corrected chi connectivity index (χ4v) is 1.77. The van der Waals surface area contributed by atoms with Gasteiger partial charge in [0.2, 0.25) is 0 Å². The highest BCUT2D eigenvalue weighted by molar-refractivity contribution is 5.61.